The minimum atomic E-state index is -3.24. The molecule has 3 aromatic rings. The van der Waals surface area contributed by atoms with Crippen LogP contribution in [0, 0.1) is 17.8 Å². The molecule has 67 heavy (non-hydrogen) atoms. The lowest BCUT2D eigenvalue weighted by Crippen LogP contribution is -2.62. The van der Waals surface area contributed by atoms with Crippen LogP contribution in [0.25, 0.3) is 11.3 Å². The standard InChI is InChI=1S/C49H67FN6O11/c1-11-37-49(8)40(56(46(61)67-49)23-16-15-22-55-27-36(53-54-55)33-20-17-21-34(51)25-33)30(4)38(57)28(2)26-47(6,62-10)42(31(5)41(58)48(7,50)45(60)64-37)66-44-39(35(52-9)24-29(3)63-44)65-43(59)32-18-13-12-14-19-32/h12-14,17-21,25,27-31,35,37,39-40,42,44,52H,11,15-16,22-24,26,51H2,1-10H3/t28-,29-,30+,31+,35+,37-,39-,40-,42-,44+,47+,48+,49-/m1/s1. The van der Waals surface area contributed by atoms with E-state index in [9.17, 15) is 24.0 Å². The first-order valence-corrected chi connectivity index (χ1v) is 23.2. The number of hydrogen-bond acceptors (Lipinski definition) is 15. The highest BCUT2D eigenvalue weighted by molar-refractivity contribution is 6.08. The lowest BCUT2D eigenvalue weighted by atomic mass is 9.73. The van der Waals surface area contributed by atoms with Crippen molar-refractivity contribution in [1.29, 1.82) is 0 Å². The largest absolute Gasteiger partial charge is 0.455 e. The molecule has 3 fully saturated rings. The van der Waals surface area contributed by atoms with Crippen molar-refractivity contribution in [3.8, 4) is 11.3 Å². The number of alkyl halides is 1. The summed E-state index contributed by atoms with van der Waals surface area (Å²) in [5.41, 5.74) is 1.92. The molecule has 18 heteroatoms. The van der Waals surface area contributed by atoms with Gasteiger partial charge in [-0.3, -0.25) is 14.3 Å². The number of cyclic esters (lactones) is 1. The number of ketones is 2. The van der Waals surface area contributed by atoms with Gasteiger partial charge in [0.2, 0.25) is 0 Å². The number of Topliss-reactive ketones (excluding diaryl/α,β-unsaturated/α-hetero) is 2. The second kappa shape index (κ2) is 20.9. The first kappa shape index (κ1) is 51.1. The van der Waals surface area contributed by atoms with Crippen molar-refractivity contribution in [3.05, 3.63) is 66.4 Å². The second-order valence-electron chi connectivity index (χ2n) is 18.9. The van der Waals surface area contributed by atoms with Gasteiger partial charge in [0.1, 0.15) is 17.6 Å². The van der Waals surface area contributed by atoms with Crippen molar-refractivity contribution in [2.45, 2.75) is 154 Å². The van der Waals surface area contributed by atoms with E-state index >= 15 is 4.39 Å². The highest BCUT2D eigenvalue weighted by Crippen LogP contribution is 2.44. The molecule has 17 nitrogen and oxygen atoms in total. The van der Waals surface area contributed by atoms with Gasteiger partial charge in [-0.05, 0) is 91.1 Å². The number of fused-ring (bicyclic) bond motifs is 1. The number of esters is 2. The number of nitrogens with two attached hydrogens (primary N) is 1. The highest BCUT2D eigenvalue weighted by Gasteiger charge is 2.62. The fraction of sp³-hybridized carbons (Fsp3) is 0.612. The third-order valence-electron chi connectivity index (χ3n) is 13.9. The fourth-order valence-corrected chi connectivity index (χ4v) is 10.2. The van der Waals surface area contributed by atoms with Gasteiger partial charge in [-0.15, -0.1) is 5.10 Å². The van der Waals surface area contributed by atoms with E-state index in [4.69, 9.17) is 34.2 Å². The molecule has 0 radical (unpaired) electrons. The number of aryl methyl sites for hydroxylation is 1. The number of nitrogens with one attached hydrogen (secondary N) is 1. The molecule has 2 aromatic carbocycles. The predicted octanol–water partition coefficient (Wildman–Crippen LogP) is 6.13. The van der Waals surface area contributed by atoms with Crippen molar-refractivity contribution in [3.63, 3.8) is 0 Å². The Kier molecular flexibility index (Phi) is 16.0. The third kappa shape index (κ3) is 10.7. The quantitative estimate of drug-likeness (QED) is 0.0649. The van der Waals surface area contributed by atoms with Crippen molar-refractivity contribution in [1.82, 2.24) is 25.2 Å². The molecule has 6 rings (SSSR count). The minimum absolute atomic E-state index is 0.0538. The summed E-state index contributed by atoms with van der Waals surface area (Å²) in [6.07, 6.45) is -2.92. The molecule has 1 amide bonds. The lowest BCUT2D eigenvalue weighted by molar-refractivity contribution is -0.289. The van der Waals surface area contributed by atoms with Gasteiger partial charge in [-0.25, -0.2) is 18.8 Å². The van der Waals surface area contributed by atoms with E-state index in [2.05, 4.69) is 15.6 Å². The number of amides is 1. The molecule has 13 atom stereocenters. The van der Waals surface area contributed by atoms with Gasteiger partial charge >= 0.3 is 18.0 Å². The number of halogens is 1. The number of hydrogen-bond donors (Lipinski definition) is 2. The van der Waals surface area contributed by atoms with Crippen LogP contribution in [0.5, 0.6) is 0 Å². The first-order chi connectivity index (χ1) is 31.7. The monoisotopic (exact) mass is 934 g/mol. The average Bonchev–Trinajstić information content (AvgIpc) is 3.89. The van der Waals surface area contributed by atoms with Gasteiger partial charge in [0, 0.05) is 49.2 Å². The number of rotatable bonds is 13. The van der Waals surface area contributed by atoms with E-state index in [-0.39, 0.29) is 30.7 Å². The van der Waals surface area contributed by atoms with Gasteiger partial charge in [0.05, 0.1) is 41.7 Å². The van der Waals surface area contributed by atoms with Crippen LogP contribution in [0.2, 0.25) is 0 Å². The number of carbonyl (C=O) groups is 5. The minimum Gasteiger partial charge on any atom is -0.455 e. The molecule has 3 saturated heterocycles. The van der Waals surface area contributed by atoms with Crippen LogP contribution in [0.1, 0.15) is 97.9 Å². The molecule has 0 spiro atoms. The van der Waals surface area contributed by atoms with Gasteiger partial charge < -0.3 is 44.4 Å². The third-order valence-corrected chi connectivity index (χ3v) is 13.9. The lowest BCUT2D eigenvalue weighted by Gasteiger charge is -2.47. The smallest absolute Gasteiger partial charge is 0.410 e. The van der Waals surface area contributed by atoms with E-state index in [0.717, 1.165) is 12.5 Å². The number of unbranched alkanes of at least 4 members (excludes halogenated alkanes) is 1. The summed E-state index contributed by atoms with van der Waals surface area (Å²) < 4.78 is 56.2. The van der Waals surface area contributed by atoms with E-state index in [1.54, 1.807) is 82.7 Å². The van der Waals surface area contributed by atoms with Crippen LogP contribution in [0.15, 0.2) is 60.8 Å². The van der Waals surface area contributed by atoms with E-state index in [1.165, 1.54) is 18.9 Å². The molecule has 0 aliphatic carbocycles. The van der Waals surface area contributed by atoms with Gasteiger partial charge in [0.15, 0.2) is 23.8 Å². The van der Waals surface area contributed by atoms with E-state index in [1.807, 2.05) is 31.3 Å². The topological polar surface area (TPSA) is 213 Å². The Balaban J connectivity index is 1.31. The van der Waals surface area contributed by atoms with Crippen molar-refractivity contribution in [2.75, 3.05) is 26.4 Å². The zero-order chi connectivity index (χ0) is 49.0. The highest BCUT2D eigenvalue weighted by atomic mass is 19.1. The summed E-state index contributed by atoms with van der Waals surface area (Å²) in [4.78, 5) is 72.5. The van der Waals surface area contributed by atoms with E-state index < -0.39 is 101 Å². The molecule has 1 aromatic heterocycles. The molecule has 3 aliphatic rings. The zero-order valence-corrected chi connectivity index (χ0v) is 40.2. The molecule has 0 unspecified atom stereocenters. The predicted molar refractivity (Wildman–Crippen MR) is 244 cm³/mol. The molecule has 4 heterocycles. The summed E-state index contributed by atoms with van der Waals surface area (Å²) in [5, 5.41) is 11.7. The zero-order valence-electron chi connectivity index (χ0n) is 40.2. The maximum absolute atomic E-state index is 17.2. The van der Waals surface area contributed by atoms with Crippen molar-refractivity contribution < 1.29 is 56.8 Å². The number of ether oxygens (including phenoxy) is 6. The maximum Gasteiger partial charge on any atom is 0.410 e. The number of aromatic nitrogens is 3. The summed E-state index contributed by atoms with van der Waals surface area (Å²) in [7, 11) is 3.10. The summed E-state index contributed by atoms with van der Waals surface area (Å²) >= 11 is 0. The van der Waals surface area contributed by atoms with Crippen molar-refractivity contribution >= 4 is 35.3 Å². The SMILES string of the molecule is CC[C@H]1OC(=O)[C@@](C)(F)C(=O)[C@H](C)[C@@H](O[C@@H]2O[C@H](C)C[C@H](NC)[C@H]2OC(=O)c2ccccc2)[C@@](C)(OC)C[C@@H](C)C(=O)[C@H](C)[C@H]2N(CCCCn3cc(-c4cccc(N)c4)nn3)C(=O)O[C@]12C. The number of nitrogen functional groups attached to an aromatic ring is 1. The fourth-order valence-electron chi connectivity index (χ4n) is 10.2. The molecule has 0 bridgehead atoms. The Labute approximate surface area is 391 Å². The number of likely N-dealkylation sites (N-methyl/N-ethyl adjacent to an activating group) is 1. The van der Waals surface area contributed by atoms with Crippen LogP contribution in [-0.4, -0.2) is 130 Å². The van der Waals surface area contributed by atoms with Crippen LogP contribution < -0.4 is 11.1 Å². The molecule has 0 saturated carbocycles. The second-order valence-corrected chi connectivity index (χ2v) is 18.9. The Morgan fingerprint density at radius 3 is 2.34 bits per heavy atom. The Bertz CT molecular complexity index is 2240. The number of carbonyl (C=O) groups excluding carboxylic acids is 5. The van der Waals surface area contributed by atoms with Crippen LogP contribution in [0.4, 0.5) is 14.9 Å². The normalized spacial score (nSPS) is 34.2. The molecule has 3 aliphatic heterocycles. The summed E-state index contributed by atoms with van der Waals surface area (Å²) in [6, 6.07) is 14.3. The Morgan fingerprint density at radius 1 is 0.985 bits per heavy atom. The molecule has 366 valence electrons. The number of anilines is 1. The number of nitrogens with zero attached hydrogens (tertiary/aromatic N) is 4. The molecular weight excluding hydrogens is 868 g/mol. The van der Waals surface area contributed by atoms with Gasteiger partial charge in [-0.2, -0.15) is 0 Å². The summed E-state index contributed by atoms with van der Waals surface area (Å²) in [5.74, 6) is -6.73. The van der Waals surface area contributed by atoms with Crippen LogP contribution in [-0.2, 0) is 49.3 Å². The number of benzene rings is 2. The maximum atomic E-state index is 17.2. The Hall–Kier alpha value is -5.30. The van der Waals surface area contributed by atoms with Crippen molar-refractivity contribution in [2.24, 2.45) is 17.8 Å². The van der Waals surface area contributed by atoms with E-state index in [0.29, 0.717) is 37.2 Å². The molecule has 3 N–H and O–H groups in total. The number of methoxy groups -OCH3 is 1. The molecular formula is C49H67FN6O11. The van der Waals surface area contributed by atoms with Gasteiger partial charge in [-0.1, -0.05) is 63.2 Å². The van der Waals surface area contributed by atoms with Gasteiger partial charge in [0.25, 0.3) is 5.67 Å². The first-order valence-electron chi connectivity index (χ1n) is 23.2. The average molecular weight is 935 g/mol. The van der Waals surface area contributed by atoms with Crippen LogP contribution >= 0.6 is 0 Å². The summed E-state index contributed by atoms with van der Waals surface area (Å²) in [6.45, 7) is 13.0. The van der Waals surface area contributed by atoms with Crippen LogP contribution in [0.3, 0.4) is 0 Å². The Morgan fingerprint density at radius 2 is 1.69 bits per heavy atom.